The number of benzene rings is 1. The Hall–Kier alpha value is -2.89. The lowest BCUT2D eigenvalue weighted by atomic mass is 10.1. The van der Waals surface area contributed by atoms with Gasteiger partial charge in [0.05, 0.1) is 17.5 Å². The van der Waals surface area contributed by atoms with Crippen molar-refractivity contribution >= 4 is 18.0 Å². The van der Waals surface area contributed by atoms with Crippen molar-refractivity contribution in [1.82, 2.24) is 9.97 Å². The maximum absolute atomic E-state index is 10.6. The fourth-order valence-electron chi connectivity index (χ4n) is 1.23. The Kier molecular flexibility index (Phi) is 5.04. The molecule has 0 spiro atoms. The number of nitrogens with one attached hydrogen (secondary N) is 1. The summed E-state index contributed by atoms with van der Waals surface area (Å²) in [5.41, 5.74) is 0.363. The molecular formula is C13H12N2O4. The number of hydrogen-bond acceptors (Lipinski definition) is 3. The van der Waals surface area contributed by atoms with Gasteiger partial charge in [-0.25, -0.2) is 14.6 Å². The minimum absolute atomic E-state index is 0.0557. The monoisotopic (exact) mass is 260 g/mol. The molecular weight excluding hydrogens is 248 g/mol. The molecule has 6 heteroatoms. The van der Waals surface area contributed by atoms with E-state index in [1.165, 1.54) is 18.2 Å². The van der Waals surface area contributed by atoms with Crippen LogP contribution in [0.3, 0.4) is 0 Å². The number of aromatic carboxylic acids is 2. The van der Waals surface area contributed by atoms with Crippen LogP contribution in [0.5, 0.6) is 0 Å². The number of rotatable bonds is 3. The summed E-state index contributed by atoms with van der Waals surface area (Å²) in [7, 11) is 0. The van der Waals surface area contributed by atoms with Gasteiger partial charge in [0.1, 0.15) is 0 Å². The van der Waals surface area contributed by atoms with Crippen LogP contribution < -0.4 is 0 Å². The summed E-state index contributed by atoms with van der Waals surface area (Å²) in [5.74, 6) is -2.31. The highest BCUT2D eigenvalue weighted by Gasteiger charge is 2.09. The molecule has 1 aromatic carbocycles. The third kappa shape index (κ3) is 4.47. The Balaban J connectivity index is 0.000000300. The van der Waals surface area contributed by atoms with E-state index in [4.69, 9.17) is 10.2 Å². The van der Waals surface area contributed by atoms with Crippen molar-refractivity contribution in [3.63, 3.8) is 0 Å². The predicted octanol–water partition coefficient (Wildman–Crippen LogP) is 2.14. The standard InChI is InChI=1S/C10H8O4.C3H4N2/c1-2-6-3-7(9(11)12)5-8(4-6)10(13)14;1-2-5-3-4-1/h2-5H,1H2,(H,11,12)(H,13,14);1-3H,(H,4,5). The zero-order valence-electron chi connectivity index (χ0n) is 9.91. The Morgan fingerprint density at radius 2 is 1.74 bits per heavy atom. The summed E-state index contributed by atoms with van der Waals surface area (Å²) in [6.07, 6.45) is 6.48. The zero-order chi connectivity index (χ0) is 14.3. The van der Waals surface area contributed by atoms with Gasteiger partial charge in [0.15, 0.2) is 0 Å². The molecule has 0 radical (unpaired) electrons. The molecule has 0 atom stereocenters. The molecule has 0 amide bonds. The first-order chi connectivity index (χ1) is 9.04. The lowest BCUT2D eigenvalue weighted by Gasteiger charge is -2.00. The molecule has 0 unspecified atom stereocenters. The van der Waals surface area contributed by atoms with Gasteiger partial charge in [0.25, 0.3) is 0 Å². The first kappa shape index (κ1) is 14.2. The van der Waals surface area contributed by atoms with Gasteiger partial charge in [-0.05, 0) is 23.8 Å². The van der Waals surface area contributed by atoms with Gasteiger partial charge in [-0.2, -0.15) is 0 Å². The summed E-state index contributed by atoms with van der Waals surface area (Å²) in [6, 6.07) is 3.83. The molecule has 1 aromatic heterocycles. The number of aromatic nitrogens is 2. The van der Waals surface area contributed by atoms with Crippen LogP contribution >= 0.6 is 0 Å². The fraction of sp³-hybridized carbons (Fsp3) is 0. The van der Waals surface area contributed by atoms with Crippen LogP contribution in [0.25, 0.3) is 6.08 Å². The van der Waals surface area contributed by atoms with Crippen LogP contribution in [-0.4, -0.2) is 32.1 Å². The summed E-state index contributed by atoms with van der Waals surface area (Å²) in [6.45, 7) is 3.45. The third-order valence-corrected chi connectivity index (χ3v) is 2.09. The van der Waals surface area contributed by atoms with Crippen molar-refractivity contribution in [2.24, 2.45) is 0 Å². The maximum Gasteiger partial charge on any atom is 0.335 e. The Labute approximate surface area is 109 Å². The summed E-state index contributed by atoms with van der Waals surface area (Å²) in [4.78, 5) is 27.7. The minimum Gasteiger partial charge on any atom is -0.478 e. The van der Waals surface area contributed by atoms with E-state index < -0.39 is 11.9 Å². The van der Waals surface area contributed by atoms with E-state index in [-0.39, 0.29) is 11.1 Å². The van der Waals surface area contributed by atoms with Crippen LogP contribution in [0.2, 0.25) is 0 Å². The van der Waals surface area contributed by atoms with Gasteiger partial charge in [-0.1, -0.05) is 12.7 Å². The second kappa shape index (κ2) is 6.75. The SMILES string of the molecule is C=Cc1cc(C(=O)O)cc(C(=O)O)c1.c1c[nH]cn1. The highest BCUT2D eigenvalue weighted by Crippen LogP contribution is 2.11. The largest absolute Gasteiger partial charge is 0.478 e. The highest BCUT2D eigenvalue weighted by molar-refractivity contribution is 5.94. The van der Waals surface area contributed by atoms with Crippen molar-refractivity contribution in [1.29, 1.82) is 0 Å². The Morgan fingerprint density at radius 3 is 2.00 bits per heavy atom. The molecule has 0 aliphatic carbocycles. The quantitative estimate of drug-likeness (QED) is 0.784. The van der Waals surface area contributed by atoms with Gasteiger partial charge in [-0.3, -0.25) is 0 Å². The molecule has 19 heavy (non-hydrogen) atoms. The summed E-state index contributed by atoms with van der Waals surface area (Å²) < 4.78 is 0. The first-order valence-electron chi connectivity index (χ1n) is 5.21. The normalized spacial score (nSPS) is 9.05. The van der Waals surface area contributed by atoms with E-state index in [0.29, 0.717) is 5.56 Å². The first-order valence-corrected chi connectivity index (χ1v) is 5.21. The van der Waals surface area contributed by atoms with Crippen LogP contribution in [0.15, 0.2) is 43.5 Å². The smallest absolute Gasteiger partial charge is 0.335 e. The van der Waals surface area contributed by atoms with E-state index in [0.717, 1.165) is 6.07 Å². The molecule has 0 aliphatic heterocycles. The van der Waals surface area contributed by atoms with Gasteiger partial charge in [0.2, 0.25) is 0 Å². The average Bonchev–Trinajstić information content (AvgIpc) is 2.97. The zero-order valence-corrected chi connectivity index (χ0v) is 9.91. The van der Waals surface area contributed by atoms with Gasteiger partial charge >= 0.3 is 11.9 Å². The van der Waals surface area contributed by atoms with E-state index in [1.54, 1.807) is 18.7 Å². The van der Waals surface area contributed by atoms with E-state index in [9.17, 15) is 9.59 Å². The van der Waals surface area contributed by atoms with E-state index in [1.807, 2.05) is 0 Å². The number of imidazole rings is 1. The molecule has 3 N–H and O–H groups in total. The number of carbonyl (C=O) groups is 2. The molecule has 2 aromatic rings. The molecule has 0 aliphatic rings. The second-order valence-corrected chi connectivity index (χ2v) is 3.42. The third-order valence-electron chi connectivity index (χ3n) is 2.09. The molecule has 2 rings (SSSR count). The van der Waals surface area contributed by atoms with Crippen molar-refractivity contribution in [3.05, 3.63) is 60.2 Å². The number of carboxylic acid groups (broad SMARTS) is 2. The Morgan fingerprint density at radius 1 is 1.16 bits per heavy atom. The molecule has 6 nitrogen and oxygen atoms in total. The van der Waals surface area contributed by atoms with Crippen molar-refractivity contribution in [3.8, 4) is 0 Å². The van der Waals surface area contributed by atoms with Crippen molar-refractivity contribution in [2.45, 2.75) is 0 Å². The van der Waals surface area contributed by atoms with Crippen LogP contribution in [0.4, 0.5) is 0 Å². The molecule has 0 bridgehead atoms. The summed E-state index contributed by atoms with van der Waals surface area (Å²) in [5, 5.41) is 17.4. The summed E-state index contributed by atoms with van der Waals surface area (Å²) >= 11 is 0. The lowest BCUT2D eigenvalue weighted by Crippen LogP contribution is -2.02. The Bertz CT molecular complexity index is 527. The van der Waals surface area contributed by atoms with Gasteiger partial charge in [0, 0.05) is 12.4 Å². The topological polar surface area (TPSA) is 103 Å². The fourth-order valence-corrected chi connectivity index (χ4v) is 1.23. The minimum atomic E-state index is -1.16. The van der Waals surface area contributed by atoms with Gasteiger partial charge < -0.3 is 15.2 Å². The molecule has 0 saturated heterocycles. The van der Waals surface area contributed by atoms with Crippen LogP contribution in [0.1, 0.15) is 26.3 Å². The van der Waals surface area contributed by atoms with Crippen molar-refractivity contribution < 1.29 is 19.8 Å². The number of H-pyrrole nitrogens is 1. The number of nitrogens with zero attached hydrogens (tertiary/aromatic N) is 1. The molecule has 0 fully saturated rings. The van der Waals surface area contributed by atoms with Crippen molar-refractivity contribution in [2.75, 3.05) is 0 Å². The maximum atomic E-state index is 10.6. The predicted molar refractivity (Wildman–Crippen MR) is 69.0 cm³/mol. The van der Waals surface area contributed by atoms with Crippen LogP contribution in [0, 0.1) is 0 Å². The second-order valence-electron chi connectivity index (χ2n) is 3.42. The molecule has 98 valence electrons. The average molecular weight is 260 g/mol. The molecule has 0 saturated carbocycles. The number of hydrogen-bond donors (Lipinski definition) is 3. The van der Waals surface area contributed by atoms with Gasteiger partial charge in [-0.15, -0.1) is 0 Å². The lowest BCUT2D eigenvalue weighted by molar-refractivity contribution is 0.0696. The number of carboxylic acids is 2. The number of aromatic amines is 1. The molecule has 1 heterocycles. The highest BCUT2D eigenvalue weighted by atomic mass is 16.4. The van der Waals surface area contributed by atoms with Crippen LogP contribution in [-0.2, 0) is 0 Å². The van der Waals surface area contributed by atoms with E-state index in [2.05, 4.69) is 16.5 Å². The van der Waals surface area contributed by atoms with E-state index >= 15 is 0 Å².